The number of carboxylic acid groups (broad SMARTS) is 1. The van der Waals surface area contributed by atoms with Gasteiger partial charge < -0.3 is 15.7 Å². The number of carboxylic acids is 1. The molecule has 0 saturated heterocycles. The van der Waals surface area contributed by atoms with E-state index >= 15 is 0 Å². The zero-order valence-corrected chi connectivity index (χ0v) is 11.6. The van der Waals surface area contributed by atoms with Gasteiger partial charge >= 0.3 is 5.97 Å². The molecule has 0 aliphatic heterocycles. The molecule has 5 nitrogen and oxygen atoms in total. The van der Waals surface area contributed by atoms with E-state index in [-0.39, 0.29) is 11.3 Å². The summed E-state index contributed by atoms with van der Waals surface area (Å²) < 4.78 is 0. The van der Waals surface area contributed by atoms with Crippen LogP contribution < -0.4 is 10.6 Å². The van der Waals surface area contributed by atoms with E-state index in [2.05, 4.69) is 6.07 Å². The van der Waals surface area contributed by atoms with Crippen molar-refractivity contribution >= 4 is 17.3 Å². The Morgan fingerprint density at radius 2 is 2.05 bits per heavy atom. The molecule has 2 aromatic carbocycles. The number of nitrogens with two attached hydrogens (primary N) is 1. The fourth-order valence-electron chi connectivity index (χ4n) is 2.17. The van der Waals surface area contributed by atoms with Gasteiger partial charge in [-0.2, -0.15) is 5.26 Å². The van der Waals surface area contributed by atoms with Gasteiger partial charge in [0, 0.05) is 25.0 Å². The first-order valence-corrected chi connectivity index (χ1v) is 6.35. The molecule has 0 aliphatic carbocycles. The van der Waals surface area contributed by atoms with Gasteiger partial charge in [-0.05, 0) is 29.8 Å². The van der Waals surface area contributed by atoms with Crippen molar-refractivity contribution in [1.82, 2.24) is 0 Å². The van der Waals surface area contributed by atoms with E-state index < -0.39 is 5.97 Å². The first-order chi connectivity index (χ1) is 10.0. The third kappa shape index (κ3) is 3.12. The third-order valence-electron chi connectivity index (χ3n) is 3.22. The lowest BCUT2D eigenvalue weighted by Crippen LogP contribution is -2.19. The average Bonchev–Trinajstić information content (AvgIpc) is 2.47. The van der Waals surface area contributed by atoms with Crippen LogP contribution in [0, 0.1) is 11.3 Å². The minimum atomic E-state index is -1.04. The predicted molar refractivity (Wildman–Crippen MR) is 81.1 cm³/mol. The second-order valence-electron chi connectivity index (χ2n) is 4.70. The second kappa shape index (κ2) is 5.97. The number of anilines is 2. The fraction of sp³-hybridized carbons (Fsp3) is 0.125. The van der Waals surface area contributed by atoms with Gasteiger partial charge in [-0.1, -0.05) is 18.2 Å². The minimum absolute atomic E-state index is 0.126. The van der Waals surface area contributed by atoms with Crippen LogP contribution in [0.3, 0.4) is 0 Å². The molecule has 0 fully saturated rings. The van der Waals surface area contributed by atoms with Crippen molar-refractivity contribution in [2.75, 3.05) is 17.7 Å². The van der Waals surface area contributed by atoms with Gasteiger partial charge in [0.25, 0.3) is 0 Å². The highest BCUT2D eigenvalue weighted by atomic mass is 16.4. The van der Waals surface area contributed by atoms with Gasteiger partial charge in [0.05, 0.1) is 17.2 Å². The highest BCUT2D eigenvalue weighted by Gasteiger charge is 2.15. The van der Waals surface area contributed by atoms with Gasteiger partial charge in [0.1, 0.15) is 0 Å². The Morgan fingerprint density at radius 1 is 1.33 bits per heavy atom. The van der Waals surface area contributed by atoms with Crippen molar-refractivity contribution in [3.05, 3.63) is 59.2 Å². The molecule has 0 aromatic heterocycles. The molecule has 0 amide bonds. The molecule has 0 saturated carbocycles. The molecule has 21 heavy (non-hydrogen) atoms. The highest BCUT2D eigenvalue weighted by Crippen LogP contribution is 2.22. The molecule has 0 atom stereocenters. The summed E-state index contributed by atoms with van der Waals surface area (Å²) in [7, 11) is 1.84. The molecule has 0 heterocycles. The highest BCUT2D eigenvalue weighted by molar-refractivity contribution is 5.95. The molecular formula is C16H15N3O2. The topological polar surface area (TPSA) is 90.3 Å². The largest absolute Gasteiger partial charge is 0.478 e. The number of nitrogens with zero attached hydrogens (tertiary/aromatic N) is 2. The Morgan fingerprint density at radius 3 is 2.71 bits per heavy atom. The zero-order valence-electron chi connectivity index (χ0n) is 11.6. The maximum absolute atomic E-state index is 11.3. The number of carbonyl (C=O) groups is 1. The molecule has 5 heteroatoms. The Bertz CT molecular complexity index is 720. The summed E-state index contributed by atoms with van der Waals surface area (Å²) in [6.45, 7) is 0.390. The van der Waals surface area contributed by atoms with Crippen molar-refractivity contribution in [3.8, 4) is 6.07 Å². The maximum Gasteiger partial charge on any atom is 0.338 e. The van der Waals surface area contributed by atoms with Crippen LogP contribution in [-0.4, -0.2) is 18.1 Å². The summed E-state index contributed by atoms with van der Waals surface area (Å²) in [5.74, 6) is -1.04. The molecule has 3 N–H and O–H groups in total. The lowest BCUT2D eigenvalue weighted by atomic mass is 10.0. The van der Waals surface area contributed by atoms with Gasteiger partial charge in [0.15, 0.2) is 0 Å². The minimum Gasteiger partial charge on any atom is -0.478 e. The molecular weight excluding hydrogens is 266 g/mol. The van der Waals surface area contributed by atoms with Crippen molar-refractivity contribution in [2.45, 2.75) is 6.54 Å². The first kappa shape index (κ1) is 14.4. The van der Waals surface area contributed by atoms with Gasteiger partial charge in [0.2, 0.25) is 0 Å². The molecule has 0 radical (unpaired) electrons. The van der Waals surface area contributed by atoms with E-state index in [0.717, 1.165) is 5.69 Å². The Hall–Kier alpha value is -3.00. The maximum atomic E-state index is 11.3. The number of hydrogen-bond donors (Lipinski definition) is 2. The number of rotatable bonds is 4. The Labute approximate surface area is 122 Å². The van der Waals surface area contributed by atoms with Crippen LogP contribution in [0.5, 0.6) is 0 Å². The predicted octanol–water partition coefficient (Wildman–Crippen LogP) is 2.48. The van der Waals surface area contributed by atoms with Crippen LogP contribution in [0.2, 0.25) is 0 Å². The van der Waals surface area contributed by atoms with Crippen LogP contribution in [0.4, 0.5) is 11.4 Å². The molecule has 2 aromatic rings. The van der Waals surface area contributed by atoms with Crippen molar-refractivity contribution in [1.29, 1.82) is 5.26 Å². The number of hydrogen-bond acceptors (Lipinski definition) is 4. The standard InChI is InChI=1S/C16H15N3O2/c1-19(13-6-2-4-11(8-13)9-17)10-12-5-3-7-14(18)15(12)16(20)21/h2-8H,10,18H2,1H3,(H,20,21). The van der Waals surface area contributed by atoms with E-state index in [1.54, 1.807) is 36.4 Å². The molecule has 0 unspecified atom stereocenters. The zero-order chi connectivity index (χ0) is 15.4. The van der Waals surface area contributed by atoms with E-state index in [1.807, 2.05) is 18.0 Å². The van der Waals surface area contributed by atoms with Crippen LogP contribution in [0.1, 0.15) is 21.5 Å². The lowest BCUT2D eigenvalue weighted by Gasteiger charge is -2.21. The van der Waals surface area contributed by atoms with E-state index in [9.17, 15) is 9.90 Å². The summed E-state index contributed by atoms with van der Waals surface area (Å²) in [4.78, 5) is 13.2. The smallest absolute Gasteiger partial charge is 0.338 e. The van der Waals surface area contributed by atoms with Crippen LogP contribution >= 0.6 is 0 Å². The average molecular weight is 281 g/mol. The Balaban J connectivity index is 2.32. The number of benzene rings is 2. The monoisotopic (exact) mass is 281 g/mol. The number of aromatic carboxylic acids is 1. The van der Waals surface area contributed by atoms with E-state index in [4.69, 9.17) is 11.0 Å². The summed E-state index contributed by atoms with van der Waals surface area (Å²) in [6.07, 6.45) is 0. The Kier molecular flexibility index (Phi) is 4.10. The van der Waals surface area contributed by atoms with Crippen LogP contribution in [-0.2, 0) is 6.54 Å². The van der Waals surface area contributed by atoms with Crippen LogP contribution in [0.15, 0.2) is 42.5 Å². The van der Waals surface area contributed by atoms with Crippen LogP contribution in [0.25, 0.3) is 0 Å². The molecule has 0 spiro atoms. The van der Waals surface area contributed by atoms with Gasteiger partial charge in [-0.25, -0.2) is 4.79 Å². The summed E-state index contributed by atoms with van der Waals surface area (Å²) in [5, 5.41) is 18.2. The SMILES string of the molecule is CN(Cc1cccc(N)c1C(=O)O)c1cccc(C#N)c1. The number of nitrogen functional groups attached to an aromatic ring is 1. The van der Waals surface area contributed by atoms with Crippen molar-refractivity contribution < 1.29 is 9.90 Å². The normalized spacial score (nSPS) is 9.90. The summed E-state index contributed by atoms with van der Waals surface area (Å²) in [6, 6.07) is 14.3. The van der Waals surface area contributed by atoms with Crippen molar-refractivity contribution in [3.63, 3.8) is 0 Å². The quantitative estimate of drug-likeness (QED) is 0.840. The summed E-state index contributed by atoms with van der Waals surface area (Å²) >= 11 is 0. The number of nitriles is 1. The van der Waals surface area contributed by atoms with Gasteiger partial charge in [-0.3, -0.25) is 0 Å². The van der Waals surface area contributed by atoms with Crippen molar-refractivity contribution in [2.24, 2.45) is 0 Å². The van der Waals surface area contributed by atoms with E-state index in [1.165, 1.54) is 0 Å². The summed E-state index contributed by atoms with van der Waals surface area (Å²) in [5.41, 5.74) is 8.15. The molecule has 0 aliphatic rings. The van der Waals surface area contributed by atoms with Gasteiger partial charge in [-0.15, -0.1) is 0 Å². The lowest BCUT2D eigenvalue weighted by molar-refractivity contribution is 0.0697. The molecule has 106 valence electrons. The third-order valence-corrected chi connectivity index (χ3v) is 3.22. The second-order valence-corrected chi connectivity index (χ2v) is 4.70. The molecule has 0 bridgehead atoms. The van der Waals surface area contributed by atoms with E-state index in [0.29, 0.717) is 17.7 Å². The first-order valence-electron chi connectivity index (χ1n) is 6.35. The fourth-order valence-corrected chi connectivity index (χ4v) is 2.17. The molecule has 2 rings (SSSR count).